The van der Waals surface area contributed by atoms with E-state index in [9.17, 15) is 18.0 Å². The summed E-state index contributed by atoms with van der Waals surface area (Å²) in [6.45, 7) is 7.25. The van der Waals surface area contributed by atoms with Gasteiger partial charge in [0.15, 0.2) is 5.65 Å². The van der Waals surface area contributed by atoms with Gasteiger partial charge in [-0.25, -0.2) is 9.67 Å². The van der Waals surface area contributed by atoms with Crippen molar-refractivity contribution in [3.05, 3.63) is 57.8 Å². The monoisotopic (exact) mass is 364 g/mol. The fourth-order valence-electron chi connectivity index (χ4n) is 2.90. The summed E-state index contributed by atoms with van der Waals surface area (Å²) < 4.78 is 42.2. The van der Waals surface area contributed by atoms with Crippen molar-refractivity contribution in [2.24, 2.45) is 0 Å². The number of aromatic nitrogens is 4. The molecule has 2 aromatic heterocycles. The Kier molecular flexibility index (Phi) is 4.17. The minimum absolute atomic E-state index is 0.0121. The van der Waals surface area contributed by atoms with E-state index in [0.717, 1.165) is 6.07 Å². The fourth-order valence-corrected chi connectivity index (χ4v) is 2.90. The van der Waals surface area contributed by atoms with Crippen molar-refractivity contribution in [1.82, 2.24) is 19.3 Å². The lowest BCUT2D eigenvalue weighted by Crippen LogP contribution is -2.25. The highest BCUT2D eigenvalue weighted by molar-refractivity contribution is 5.73. The van der Waals surface area contributed by atoms with E-state index in [1.807, 2.05) is 20.8 Å². The van der Waals surface area contributed by atoms with Gasteiger partial charge in [0.2, 0.25) is 0 Å². The van der Waals surface area contributed by atoms with E-state index in [0.29, 0.717) is 16.6 Å². The molecule has 0 aliphatic heterocycles. The highest BCUT2D eigenvalue weighted by Gasteiger charge is 2.32. The van der Waals surface area contributed by atoms with Crippen LogP contribution in [0.5, 0.6) is 0 Å². The van der Waals surface area contributed by atoms with Crippen LogP contribution in [0.3, 0.4) is 0 Å². The Morgan fingerprint density at radius 2 is 1.85 bits per heavy atom. The summed E-state index contributed by atoms with van der Waals surface area (Å²) in [5.41, 5.74) is -0.381. The van der Waals surface area contributed by atoms with E-state index >= 15 is 0 Å². The van der Waals surface area contributed by atoms with E-state index in [-0.39, 0.29) is 23.2 Å². The van der Waals surface area contributed by atoms with E-state index < -0.39 is 11.7 Å². The van der Waals surface area contributed by atoms with Gasteiger partial charge < -0.3 is 0 Å². The average molecular weight is 364 g/mol. The van der Waals surface area contributed by atoms with Crippen molar-refractivity contribution in [2.45, 2.75) is 46.0 Å². The molecule has 0 unspecified atom stereocenters. The molecule has 3 aromatic rings. The zero-order chi connectivity index (χ0) is 19.3. The van der Waals surface area contributed by atoms with Gasteiger partial charge in [-0.15, -0.1) is 0 Å². The zero-order valence-electron chi connectivity index (χ0n) is 14.9. The fraction of sp³-hybridized carbons (Fsp3) is 0.389. The molecule has 5 nitrogen and oxygen atoms in total. The number of hydrogen-bond acceptors (Lipinski definition) is 3. The van der Waals surface area contributed by atoms with Crippen molar-refractivity contribution < 1.29 is 13.2 Å². The minimum atomic E-state index is -4.43. The molecule has 138 valence electrons. The molecule has 2 heterocycles. The smallest absolute Gasteiger partial charge is 0.294 e. The van der Waals surface area contributed by atoms with E-state index in [4.69, 9.17) is 0 Å². The van der Waals surface area contributed by atoms with Crippen LogP contribution in [-0.4, -0.2) is 19.3 Å². The third-order valence-corrected chi connectivity index (χ3v) is 4.28. The summed E-state index contributed by atoms with van der Waals surface area (Å²) in [7, 11) is 0. The number of benzene rings is 1. The van der Waals surface area contributed by atoms with Crippen molar-refractivity contribution in [3.8, 4) is 0 Å². The Hall–Kier alpha value is -2.64. The summed E-state index contributed by atoms with van der Waals surface area (Å²) in [5, 5.41) is 4.57. The van der Waals surface area contributed by atoms with Gasteiger partial charge in [0.25, 0.3) is 5.56 Å². The molecule has 8 heteroatoms. The molecule has 0 amide bonds. The third-order valence-electron chi connectivity index (χ3n) is 4.28. The Morgan fingerprint density at radius 3 is 2.46 bits per heavy atom. The molecular weight excluding hydrogens is 345 g/mol. The van der Waals surface area contributed by atoms with Gasteiger partial charge in [-0.3, -0.25) is 9.36 Å². The molecule has 0 fully saturated rings. The molecule has 0 saturated carbocycles. The van der Waals surface area contributed by atoms with Crippen LogP contribution in [0.4, 0.5) is 13.2 Å². The molecule has 0 aliphatic rings. The van der Waals surface area contributed by atoms with E-state index in [1.54, 1.807) is 10.7 Å². The van der Waals surface area contributed by atoms with Gasteiger partial charge in [0.1, 0.15) is 11.7 Å². The van der Waals surface area contributed by atoms with Crippen LogP contribution in [0.1, 0.15) is 37.5 Å². The maximum atomic E-state index is 13.1. The molecule has 26 heavy (non-hydrogen) atoms. The van der Waals surface area contributed by atoms with Crippen molar-refractivity contribution in [3.63, 3.8) is 0 Å². The van der Waals surface area contributed by atoms with Crippen molar-refractivity contribution in [1.29, 1.82) is 0 Å². The number of hydrogen-bond donors (Lipinski definition) is 0. The lowest BCUT2D eigenvalue weighted by molar-refractivity contribution is -0.138. The summed E-state index contributed by atoms with van der Waals surface area (Å²) in [6, 6.07) is 3.97. The highest BCUT2D eigenvalue weighted by atomic mass is 19.4. The van der Waals surface area contributed by atoms with Crippen LogP contribution in [0.15, 0.2) is 35.5 Å². The number of rotatable bonds is 2. The number of nitrogens with zero attached hydrogens (tertiary/aromatic N) is 4. The molecule has 0 aliphatic carbocycles. The lowest BCUT2D eigenvalue weighted by Gasteiger charge is -2.19. The Balaban J connectivity index is 2.06. The van der Waals surface area contributed by atoms with Crippen LogP contribution in [0.25, 0.3) is 11.0 Å². The largest absolute Gasteiger partial charge is 0.416 e. The second kappa shape index (κ2) is 5.96. The third kappa shape index (κ3) is 3.11. The first kappa shape index (κ1) is 18.2. The average Bonchev–Trinajstić information content (AvgIpc) is 2.95. The summed E-state index contributed by atoms with van der Waals surface area (Å²) in [6.07, 6.45) is -1.62. The second-order valence-corrected chi connectivity index (χ2v) is 7.23. The Labute approximate surface area is 148 Å². The summed E-state index contributed by atoms with van der Waals surface area (Å²) >= 11 is 0. The summed E-state index contributed by atoms with van der Waals surface area (Å²) in [5.74, 6) is 0. The molecule has 0 spiro atoms. The van der Waals surface area contributed by atoms with Crippen LogP contribution in [-0.2, 0) is 18.3 Å². The normalized spacial score (nSPS) is 12.7. The molecular formula is C18H19F3N4O. The van der Waals surface area contributed by atoms with Crippen LogP contribution in [0.2, 0.25) is 0 Å². The number of halogens is 3. The molecule has 1 aromatic carbocycles. The van der Waals surface area contributed by atoms with Crippen molar-refractivity contribution in [2.75, 3.05) is 0 Å². The van der Waals surface area contributed by atoms with Gasteiger partial charge in [0.05, 0.1) is 23.8 Å². The first-order chi connectivity index (χ1) is 12.0. The Bertz CT molecular complexity index is 1030. The number of fused-ring (bicyclic) bond motifs is 1. The number of alkyl halides is 3. The predicted molar refractivity (Wildman–Crippen MR) is 92.1 cm³/mol. The molecule has 0 atom stereocenters. The topological polar surface area (TPSA) is 52.7 Å². The van der Waals surface area contributed by atoms with Crippen LogP contribution >= 0.6 is 0 Å². The quantitative estimate of drug-likeness (QED) is 0.696. The van der Waals surface area contributed by atoms with Gasteiger partial charge >= 0.3 is 6.18 Å². The van der Waals surface area contributed by atoms with E-state index in [2.05, 4.69) is 10.1 Å². The molecule has 3 rings (SSSR count). The van der Waals surface area contributed by atoms with Crippen molar-refractivity contribution >= 4 is 11.0 Å². The Morgan fingerprint density at radius 1 is 1.15 bits per heavy atom. The molecule has 0 N–H and O–H groups in total. The first-order valence-corrected chi connectivity index (χ1v) is 8.09. The van der Waals surface area contributed by atoms with Gasteiger partial charge in [-0.05, 0) is 44.9 Å². The summed E-state index contributed by atoms with van der Waals surface area (Å²) in [4.78, 5) is 17.0. The van der Waals surface area contributed by atoms with E-state index in [1.165, 1.54) is 30.1 Å². The zero-order valence-corrected chi connectivity index (χ0v) is 14.9. The predicted octanol–water partition coefficient (Wildman–Crippen LogP) is 3.72. The van der Waals surface area contributed by atoms with Gasteiger partial charge in [0, 0.05) is 0 Å². The molecule has 0 radical (unpaired) electrons. The minimum Gasteiger partial charge on any atom is -0.294 e. The van der Waals surface area contributed by atoms with Gasteiger partial charge in [-0.1, -0.05) is 12.1 Å². The highest BCUT2D eigenvalue weighted by Crippen LogP contribution is 2.33. The maximum absolute atomic E-state index is 13.1. The standard InChI is InChI=1S/C18H19F3N4O/c1-11-12(6-5-7-14(11)18(19,20)21)9-24-10-22-15-13(16(24)26)8-23-25(15)17(2,3)4/h5-8,10H,9H2,1-4H3. The van der Waals surface area contributed by atoms with Crippen LogP contribution < -0.4 is 5.56 Å². The molecule has 0 saturated heterocycles. The SMILES string of the molecule is Cc1c(Cn2cnc3c(cnn3C(C)(C)C)c2=O)cccc1C(F)(F)F. The maximum Gasteiger partial charge on any atom is 0.416 e. The molecule has 0 bridgehead atoms. The van der Waals surface area contributed by atoms with Gasteiger partial charge in [-0.2, -0.15) is 18.3 Å². The first-order valence-electron chi connectivity index (χ1n) is 8.09. The lowest BCUT2D eigenvalue weighted by atomic mass is 10.0. The second-order valence-electron chi connectivity index (χ2n) is 7.23. The van der Waals surface area contributed by atoms with Crippen LogP contribution in [0, 0.1) is 6.92 Å².